The zero-order valence-electron chi connectivity index (χ0n) is 9.42. The van der Waals surface area contributed by atoms with E-state index in [2.05, 4.69) is 15.3 Å². The lowest BCUT2D eigenvalue weighted by Crippen LogP contribution is -2.08. The number of amides is 1. The van der Waals surface area contributed by atoms with Crippen LogP contribution in [-0.4, -0.2) is 15.9 Å². The van der Waals surface area contributed by atoms with Gasteiger partial charge in [-0.2, -0.15) is 5.26 Å². The second kappa shape index (κ2) is 5.46. The molecule has 0 bridgehead atoms. The molecule has 5 heteroatoms. The molecule has 18 heavy (non-hydrogen) atoms. The summed E-state index contributed by atoms with van der Waals surface area (Å²) in [5.74, 6) is 0.138. The zero-order chi connectivity index (χ0) is 12.8. The van der Waals surface area contributed by atoms with E-state index in [0.29, 0.717) is 11.5 Å². The molecule has 0 aliphatic carbocycles. The molecule has 0 fully saturated rings. The molecule has 0 spiro atoms. The maximum atomic E-state index is 11.5. The molecule has 2 rings (SSSR count). The minimum Gasteiger partial charge on any atom is -0.331 e. The summed E-state index contributed by atoms with van der Waals surface area (Å²) >= 11 is 0. The number of carbonyl (C=O) groups excluding carboxylic acids is 1. The van der Waals surface area contributed by atoms with Gasteiger partial charge in [-0.25, -0.2) is 4.98 Å². The topological polar surface area (TPSA) is 81.6 Å². The first-order valence-electron chi connectivity index (χ1n) is 5.26. The number of anilines is 1. The normalized spacial score (nSPS) is 10.2. The molecule has 0 saturated carbocycles. The van der Waals surface area contributed by atoms with Crippen LogP contribution in [0, 0.1) is 11.3 Å². The molecule has 2 N–H and O–H groups in total. The molecule has 0 aliphatic heterocycles. The number of carbonyl (C=O) groups is 1. The van der Waals surface area contributed by atoms with Crippen LogP contribution in [0.4, 0.5) is 5.95 Å². The smallest absolute Gasteiger partial charge is 0.250 e. The van der Waals surface area contributed by atoms with Crippen LogP contribution in [0.25, 0.3) is 6.08 Å². The standard InChI is InChI=1S/C13H10N4O/c14-9-11-3-1-10(2-4-11)5-6-12(18)17-13-15-7-8-16-13/h1-8H,(H2,15,16,17,18). The Morgan fingerprint density at radius 2 is 2.17 bits per heavy atom. The van der Waals surface area contributed by atoms with Crippen LogP contribution in [0.3, 0.4) is 0 Å². The lowest BCUT2D eigenvalue weighted by Gasteiger charge is -1.96. The van der Waals surface area contributed by atoms with Crippen LogP contribution in [-0.2, 0) is 4.79 Å². The largest absolute Gasteiger partial charge is 0.331 e. The Balaban J connectivity index is 1.97. The summed E-state index contributed by atoms with van der Waals surface area (Å²) in [6.07, 6.45) is 6.25. The Hall–Kier alpha value is -2.87. The van der Waals surface area contributed by atoms with Crippen molar-refractivity contribution in [1.82, 2.24) is 9.97 Å². The van der Waals surface area contributed by atoms with Gasteiger partial charge in [-0.05, 0) is 23.8 Å². The van der Waals surface area contributed by atoms with Crippen molar-refractivity contribution < 1.29 is 4.79 Å². The molecule has 1 aromatic carbocycles. The highest BCUT2D eigenvalue weighted by Crippen LogP contribution is 2.05. The van der Waals surface area contributed by atoms with Crippen molar-refractivity contribution in [2.45, 2.75) is 0 Å². The number of imidazole rings is 1. The third-order valence-corrected chi connectivity index (χ3v) is 2.21. The fourth-order valence-corrected chi connectivity index (χ4v) is 1.33. The molecule has 0 atom stereocenters. The van der Waals surface area contributed by atoms with Gasteiger partial charge < -0.3 is 4.98 Å². The number of nitrogens with one attached hydrogen (secondary N) is 2. The Morgan fingerprint density at radius 1 is 1.39 bits per heavy atom. The molecule has 2 aromatic rings. The van der Waals surface area contributed by atoms with Crippen molar-refractivity contribution >= 4 is 17.9 Å². The molecule has 1 amide bonds. The molecular weight excluding hydrogens is 228 g/mol. The fourth-order valence-electron chi connectivity index (χ4n) is 1.33. The highest BCUT2D eigenvalue weighted by atomic mass is 16.1. The lowest BCUT2D eigenvalue weighted by atomic mass is 10.1. The highest BCUT2D eigenvalue weighted by Gasteiger charge is 1.98. The Morgan fingerprint density at radius 3 is 2.78 bits per heavy atom. The van der Waals surface area contributed by atoms with E-state index in [4.69, 9.17) is 5.26 Å². The summed E-state index contributed by atoms with van der Waals surface area (Å²) in [5, 5.41) is 11.2. The molecule has 1 heterocycles. The number of nitriles is 1. The number of nitrogens with zero attached hydrogens (tertiary/aromatic N) is 2. The first kappa shape index (κ1) is 11.6. The molecule has 5 nitrogen and oxygen atoms in total. The van der Waals surface area contributed by atoms with E-state index in [-0.39, 0.29) is 5.91 Å². The quantitative estimate of drug-likeness (QED) is 0.801. The molecule has 0 unspecified atom stereocenters. The Bertz CT molecular complexity index is 591. The van der Waals surface area contributed by atoms with Gasteiger partial charge in [0.15, 0.2) is 0 Å². The van der Waals surface area contributed by atoms with Gasteiger partial charge in [0.2, 0.25) is 5.95 Å². The third kappa shape index (κ3) is 3.06. The van der Waals surface area contributed by atoms with Crippen molar-refractivity contribution in [3.63, 3.8) is 0 Å². The molecule has 0 radical (unpaired) electrons. The number of aromatic amines is 1. The second-order valence-corrected chi connectivity index (χ2v) is 3.49. The number of hydrogen-bond donors (Lipinski definition) is 2. The van der Waals surface area contributed by atoms with Gasteiger partial charge in [0, 0.05) is 18.5 Å². The van der Waals surface area contributed by atoms with E-state index in [0.717, 1.165) is 5.56 Å². The van der Waals surface area contributed by atoms with Gasteiger partial charge in [0.1, 0.15) is 0 Å². The minimum absolute atomic E-state index is 0.269. The van der Waals surface area contributed by atoms with E-state index in [1.54, 1.807) is 42.7 Å². The van der Waals surface area contributed by atoms with E-state index < -0.39 is 0 Å². The van der Waals surface area contributed by atoms with Crippen molar-refractivity contribution in [3.8, 4) is 6.07 Å². The number of benzene rings is 1. The molecule has 0 saturated heterocycles. The van der Waals surface area contributed by atoms with E-state index in [1.165, 1.54) is 6.08 Å². The SMILES string of the molecule is N#Cc1ccc(C=CC(=O)Nc2ncc[nH]2)cc1. The molecular formula is C13H10N4O. The predicted octanol–water partition coefficient (Wildman–Crippen LogP) is 1.93. The predicted molar refractivity (Wildman–Crippen MR) is 67.4 cm³/mol. The van der Waals surface area contributed by atoms with Crippen LogP contribution in [0.15, 0.2) is 42.7 Å². The summed E-state index contributed by atoms with van der Waals surface area (Å²) in [4.78, 5) is 18.1. The summed E-state index contributed by atoms with van der Waals surface area (Å²) in [6, 6.07) is 8.98. The Labute approximate surface area is 104 Å². The lowest BCUT2D eigenvalue weighted by molar-refractivity contribution is -0.111. The molecule has 1 aromatic heterocycles. The number of hydrogen-bond acceptors (Lipinski definition) is 3. The average molecular weight is 238 g/mol. The van der Waals surface area contributed by atoms with Crippen molar-refractivity contribution in [1.29, 1.82) is 5.26 Å². The second-order valence-electron chi connectivity index (χ2n) is 3.49. The van der Waals surface area contributed by atoms with Crippen LogP contribution < -0.4 is 5.32 Å². The third-order valence-electron chi connectivity index (χ3n) is 2.21. The van der Waals surface area contributed by atoms with Crippen LogP contribution in [0.5, 0.6) is 0 Å². The van der Waals surface area contributed by atoms with Crippen LogP contribution in [0.2, 0.25) is 0 Å². The van der Waals surface area contributed by atoms with Crippen molar-refractivity contribution in [3.05, 3.63) is 53.9 Å². The van der Waals surface area contributed by atoms with Gasteiger partial charge in [0.25, 0.3) is 5.91 Å². The summed E-state index contributed by atoms with van der Waals surface area (Å²) in [7, 11) is 0. The van der Waals surface area contributed by atoms with Crippen molar-refractivity contribution in [2.75, 3.05) is 5.32 Å². The minimum atomic E-state index is -0.269. The van der Waals surface area contributed by atoms with E-state index in [9.17, 15) is 4.79 Å². The maximum absolute atomic E-state index is 11.5. The first-order chi connectivity index (χ1) is 8.78. The van der Waals surface area contributed by atoms with E-state index >= 15 is 0 Å². The highest BCUT2D eigenvalue weighted by molar-refractivity contribution is 6.00. The summed E-state index contributed by atoms with van der Waals surface area (Å²) in [6.45, 7) is 0. The number of rotatable bonds is 3. The zero-order valence-corrected chi connectivity index (χ0v) is 9.42. The molecule has 0 aliphatic rings. The van der Waals surface area contributed by atoms with Gasteiger partial charge in [-0.3, -0.25) is 10.1 Å². The Kier molecular flexibility index (Phi) is 3.52. The maximum Gasteiger partial charge on any atom is 0.250 e. The van der Waals surface area contributed by atoms with Gasteiger partial charge in [-0.1, -0.05) is 12.1 Å². The monoisotopic (exact) mass is 238 g/mol. The average Bonchev–Trinajstić information content (AvgIpc) is 2.90. The summed E-state index contributed by atoms with van der Waals surface area (Å²) in [5.41, 5.74) is 1.44. The van der Waals surface area contributed by atoms with Gasteiger partial charge in [-0.15, -0.1) is 0 Å². The molecule has 88 valence electrons. The van der Waals surface area contributed by atoms with Crippen molar-refractivity contribution in [2.24, 2.45) is 0 Å². The van der Waals surface area contributed by atoms with Crippen LogP contribution in [0.1, 0.15) is 11.1 Å². The fraction of sp³-hybridized carbons (Fsp3) is 0. The first-order valence-corrected chi connectivity index (χ1v) is 5.26. The van der Waals surface area contributed by atoms with E-state index in [1.807, 2.05) is 6.07 Å². The van der Waals surface area contributed by atoms with Gasteiger partial charge in [0.05, 0.1) is 11.6 Å². The summed E-state index contributed by atoms with van der Waals surface area (Å²) < 4.78 is 0. The number of aromatic nitrogens is 2. The van der Waals surface area contributed by atoms with Crippen LogP contribution >= 0.6 is 0 Å². The number of H-pyrrole nitrogens is 1. The van der Waals surface area contributed by atoms with Gasteiger partial charge >= 0.3 is 0 Å².